The maximum Gasteiger partial charge on any atom is 0.255 e. The van der Waals surface area contributed by atoms with Crippen molar-refractivity contribution < 1.29 is 0 Å². The zero-order chi connectivity index (χ0) is 12.4. The van der Waals surface area contributed by atoms with Gasteiger partial charge in [-0.05, 0) is 31.0 Å². The highest BCUT2D eigenvalue weighted by molar-refractivity contribution is 5.43. The highest BCUT2D eigenvalue weighted by Gasteiger charge is 2.13. The molecular weight excluding hydrogens is 226 g/mol. The molecule has 4 heteroatoms. The van der Waals surface area contributed by atoms with E-state index in [1.807, 2.05) is 18.2 Å². The average Bonchev–Trinajstić information content (AvgIpc) is 2.94. The van der Waals surface area contributed by atoms with Gasteiger partial charge < -0.3 is 4.90 Å². The molecule has 2 aromatic rings. The van der Waals surface area contributed by atoms with Crippen molar-refractivity contribution in [3.63, 3.8) is 0 Å². The molecule has 0 spiro atoms. The van der Waals surface area contributed by atoms with Gasteiger partial charge in [-0.15, -0.1) is 0 Å². The van der Waals surface area contributed by atoms with Crippen LogP contribution >= 0.6 is 0 Å². The van der Waals surface area contributed by atoms with Gasteiger partial charge in [0.1, 0.15) is 5.82 Å². The van der Waals surface area contributed by atoms with Crippen molar-refractivity contribution in [1.82, 2.24) is 9.55 Å². The molecule has 3 rings (SSSR count). The fraction of sp³-hybridized carbons (Fsp3) is 0.286. The van der Waals surface area contributed by atoms with Gasteiger partial charge in [0.25, 0.3) is 5.56 Å². The predicted octanol–water partition coefficient (Wildman–Crippen LogP) is 1.83. The Hall–Kier alpha value is -2.10. The van der Waals surface area contributed by atoms with Gasteiger partial charge in [-0.1, -0.05) is 6.07 Å². The second-order valence-electron chi connectivity index (χ2n) is 4.48. The maximum atomic E-state index is 11.7. The van der Waals surface area contributed by atoms with Crippen LogP contribution in [0, 0.1) is 0 Å². The van der Waals surface area contributed by atoms with Crippen LogP contribution in [0.3, 0.4) is 0 Å². The van der Waals surface area contributed by atoms with Gasteiger partial charge in [-0.25, -0.2) is 4.98 Å². The Labute approximate surface area is 106 Å². The van der Waals surface area contributed by atoms with Crippen LogP contribution in [0.1, 0.15) is 12.8 Å². The SMILES string of the molecule is O=c1ccccn1-c1ccc(N2CCCC2)nc1. The number of pyridine rings is 2. The van der Waals surface area contributed by atoms with Crippen LogP contribution in [0.15, 0.2) is 47.5 Å². The van der Waals surface area contributed by atoms with Crippen LogP contribution in [-0.4, -0.2) is 22.6 Å². The summed E-state index contributed by atoms with van der Waals surface area (Å²) in [7, 11) is 0. The van der Waals surface area contributed by atoms with Crippen LogP contribution in [0.25, 0.3) is 5.69 Å². The first-order valence-corrected chi connectivity index (χ1v) is 6.24. The fourth-order valence-corrected chi connectivity index (χ4v) is 2.29. The first-order chi connectivity index (χ1) is 8.84. The minimum absolute atomic E-state index is 0.0341. The van der Waals surface area contributed by atoms with E-state index in [9.17, 15) is 4.79 Å². The fourth-order valence-electron chi connectivity index (χ4n) is 2.29. The van der Waals surface area contributed by atoms with Crippen LogP contribution in [0.4, 0.5) is 5.82 Å². The quantitative estimate of drug-likeness (QED) is 0.805. The molecule has 0 aromatic carbocycles. The van der Waals surface area contributed by atoms with E-state index in [0.29, 0.717) is 0 Å². The van der Waals surface area contributed by atoms with Gasteiger partial charge in [0.15, 0.2) is 0 Å². The van der Waals surface area contributed by atoms with E-state index in [4.69, 9.17) is 0 Å². The molecule has 1 aliphatic heterocycles. The summed E-state index contributed by atoms with van der Waals surface area (Å²) in [6, 6.07) is 9.07. The summed E-state index contributed by atoms with van der Waals surface area (Å²) < 4.78 is 1.60. The van der Waals surface area contributed by atoms with Gasteiger partial charge in [0, 0.05) is 25.4 Å². The lowest BCUT2D eigenvalue weighted by Crippen LogP contribution is -2.20. The first-order valence-electron chi connectivity index (χ1n) is 6.24. The molecule has 0 aliphatic carbocycles. The minimum Gasteiger partial charge on any atom is -0.357 e. The van der Waals surface area contributed by atoms with E-state index < -0.39 is 0 Å². The third kappa shape index (κ3) is 2.01. The molecule has 18 heavy (non-hydrogen) atoms. The third-order valence-corrected chi connectivity index (χ3v) is 3.26. The molecule has 2 aromatic heterocycles. The number of rotatable bonds is 2. The van der Waals surface area contributed by atoms with E-state index in [1.54, 1.807) is 29.1 Å². The Balaban J connectivity index is 1.91. The summed E-state index contributed by atoms with van der Waals surface area (Å²) in [5, 5.41) is 0. The molecule has 1 saturated heterocycles. The zero-order valence-corrected chi connectivity index (χ0v) is 10.1. The Morgan fingerprint density at radius 2 is 1.89 bits per heavy atom. The topological polar surface area (TPSA) is 38.1 Å². The zero-order valence-electron chi connectivity index (χ0n) is 10.1. The van der Waals surface area contributed by atoms with Gasteiger partial charge in [0.05, 0.1) is 11.9 Å². The normalized spacial score (nSPS) is 15.0. The summed E-state index contributed by atoms with van der Waals surface area (Å²) >= 11 is 0. The number of hydrogen-bond acceptors (Lipinski definition) is 3. The second kappa shape index (κ2) is 4.64. The van der Waals surface area contributed by atoms with Gasteiger partial charge in [0.2, 0.25) is 0 Å². The number of hydrogen-bond donors (Lipinski definition) is 0. The lowest BCUT2D eigenvalue weighted by atomic mass is 10.3. The monoisotopic (exact) mass is 241 g/mol. The van der Waals surface area contributed by atoms with E-state index >= 15 is 0 Å². The van der Waals surface area contributed by atoms with Crippen LogP contribution in [0.5, 0.6) is 0 Å². The first kappa shape index (κ1) is 11.0. The molecule has 1 fully saturated rings. The molecule has 0 bridgehead atoms. The van der Waals surface area contributed by atoms with E-state index in [-0.39, 0.29) is 5.56 Å². The lowest BCUT2D eigenvalue weighted by molar-refractivity contribution is 0.924. The van der Waals surface area contributed by atoms with Crippen LogP contribution in [-0.2, 0) is 0 Å². The largest absolute Gasteiger partial charge is 0.357 e. The second-order valence-corrected chi connectivity index (χ2v) is 4.48. The Morgan fingerprint density at radius 1 is 1.06 bits per heavy atom. The van der Waals surface area contributed by atoms with E-state index in [2.05, 4.69) is 9.88 Å². The molecule has 1 aliphatic rings. The number of nitrogens with zero attached hydrogens (tertiary/aromatic N) is 3. The average molecular weight is 241 g/mol. The summed E-state index contributed by atoms with van der Waals surface area (Å²) in [6.45, 7) is 2.16. The molecule has 3 heterocycles. The molecular formula is C14H15N3O. The van der Waals surface area contributed by atoms with Crippen LogP contribution in [0.2, 0.25) is 0 Å². The molecule has 0 atom stereocenters. The summed E-state index contributed by atoms with van der Waals surface area (Å²) in [4.78, 5) is 18.4. The van der Waals surface area contributed by atoms with Crippen molar-refractivity contribution in [3.8, 4) is 5.69 Å². The lowest BCUT2D eigenvalue weighted by Gasteiger charge is -2.16. The summed E-state index contributed by atoms with van der Waals surface area (Å²) in [6.07, 6.45) is 5.99. The van der Waals surface area contributed by atoms with Crippen molar-refractivity contribution in [1.29, 1.82) is 0 Å². The van der Waals surface area contributed by atoms with Crippen molar-refractivity contribution in [2.45, 2.75) is 12.8 Å². The molecule has 0 N–H and O–H groups in total. The predicted molar refractivity (Wildman–Crippen MR) is 71.3 cm³/mol. The van der Waals surface area contributed by atoms with Crippen molar-refractivity contribution in [3.05, 3.63) is 53.1 Å². The minimum atomic E-state index is -0.0341. The Morgan fingerprint density at radius 3 is 2.56 bits per heavy atom. The highest BCUT2D eigenvalue weighted by atomic mass is 16.1. The molecule has 92 valence electrons. The van der Waals surface area contributed by atoms with Crippen LogP contribution < -0.4 is 10.5 Å². The third-order valence-electron chi connectivity index (χ3n) is 3.26. The Bertz CT molecular complexity index is 582. The molecule has 0 radical (unpaired) electrons. The van der Waals surface area contributed by atoms with Crippen molar-refractivity contribution in [2.24, 2.45) is 0 Å². The molecule has 4 nitrogen and oxygen atoms in total. The van der Waals surface area contributed by atoms with E-state index in [1.165, 1.54) is 12.8 Å². The standard InChI is InChI=1S/C14H15N3O/c18-14-5-1-2-10-17(14)12-6-7-13(15-11-12)16-8-3-4-9-16/h1-2,5-7,10-11H,3-4,8-9H2. The molecule has 0 saturated carbocycles. The Kier molecular flexibility index (Phi) is 2.84. The highest BCUT2D eigenvalue weighted by Crippen LogP contribution is 2.18. The van der Waals surface area contributed by atoms with Gasteiger partial charge in [-0.3, -0.25) is 9.36 Å². The summed E-state index contributed by atoms with van der Waals surface area (Å²) in [5.41, 5.74) is 0.775. The van der Waals surface area contributed by atoms with Crippen molar-refractivity contribution in [2.75, 3.05) is 18.0 Å². The molecule has 0 amide bonds. The van der Waals surface area contributed by atoms with Gasteiger partial charge >= 0.3 is 0 Å². The number of aromatic nitrogens is 2. The smallest absolute Gasteiger partial charge is 0.255 e. The van der Waals surface area contributed by atoms with Crippen molar-refractivity contribution >= 4 is 5.82 Å². The van der Waals surface area contributed by atoms with E-state index in [0.717, 1.165) is 24.6 Å². The molecule has 0 unspecified atom stereocenters. The number of anilines is 1. The summed E-state index contributed by atoms with van der Waals surface area (Å²) in [5.74, 6) is 1.00. The van der Waals surface area contributed by atoms with Gasteiger partial charge in [-0.2, -0.15) is 0 Å². The maximum absolute atomic E-state index is 11.7.